The number of fused-ring (bicyclic) bond motifs is 1. The molecule has 4 N–H and O–H groups in total. The highest BCUT2D eigenvalue weighted by Gasteiger charge is 2.20. The van der Waals surface area contributed by atoms with Gasteiger partial charge in [0, 0.05) is 23.4 Å². The number of hydrogen-bond acceptors (Lipinski definition) is 4. The van der Waals surface area contributed by atoms with Gasteiger partial charge in [-0.05, 0) is 12.5 Å². The average Bonchev–Trinajstić information content (AvgIpc) is 2.16. The fourth-order valence-corrected chi connectivity index (χ4v) is 1.47. The quantitative estimate of drug-likeness (QED) is 0.646. The molecule has 2 aliphatic rings. The molecule has 0 atom stereocenters. The first-order valence-corrected chi connectivity index (χ1v) is 4.30. The summed E-state index contributed by atoms with van der Waals surface area (Å²) in [6.45, 7) is 0. The Morgan fingerprint density at radius 2 is 2.14 bits per heavy atom. The summed E-state index contributed by atoms with van der Waals surface area (Å²) in [7, 11) is 1.61. The number of allylic oxidation sites excluding steroid dienone is 4. The van der Waals surface area contributed by atoms with Crippen molar-refractivity contribution in [3.05, 3.63) is 46.9 Å². The average molecular weight is 192 g/mol. The largest absolute Gasteiger partial charge is 0.497 e. The lowest BCUT2D eigenvalue weighted by molar-refractivity contribution is 0.276. The van der Waals surface area contributed by atoms with Gasteiger partial charge in [0.2, 0.25) is 0 Å². The van der Waals surface area contributed by atoms with Crippen molar-refractivity contribution >= 4 is 0 Å². The second kappa shape index (κ2) is 3.14. The number of methoxy groups -OCH3 is 1. The smallest absolute Gasteiger partial charge is 0.192 e. The van der Waals surface area contributed by atoms with Gasteiger partial charge in [-0.3, -0.25) is 0 Å². The molecule has 0 amide bonds. The van der Waals surface area contributed by atoms with Crippen molar-refractivity contribution in [2.45, 2.75) is 6.42 Å². The van der Waals surface area contributed by atoms with Crippen LogP contribution < -0.4 is 11.5 Å². The van der Waals surface area contributed by atoms with Crippen molar-refractivity contribution in [2.24, 2.45) is 11.5 Å². The number of ether oxygens (including phenoxy) is 2. The molecule has 4 nitrogen and oxygen atoms in total. The third kappa shape index (κ3) is 1.35. The van der Waals surface area contributed by atoms with Crippen molar-refractivity contribution in [3.8, 4) is 0 Å². The van der Waals surface area contributed by atoms with E-state index in [1.807, 2.05) is 6.08 Å². The lowest BCUT2D eigenvalue weighted by atomic mass is 10.0. The highest BCUT2D eigenvalue weighted by molar-refractivity contribution is 5.46. The Bertz CT molecular complexity index is 389. The molecule has 1 heterocycles. The van der Waals surface area contributed by atoms with Crippen LogP contribution in [0.5, 0.6) is 0 Å². The van der Waals surface area contributed by atoms with Crippen molar-refractivity contribution in [1.29, 1.82) is 0 Å². The minimum Gasteiger partial charge on any atom is -0.497 e. The van der Waals surface area contributed by atoms with Crippen LogP contribution in [0.25, 0.3) is 0 Å². The van der Waals surface area contributed by atoms with E-state index in [-0.39, 0.29) is 0 Å². The Hall–Kier alpha value is -1.84. The third-order valence-electron chi connectivity index (χ3n) is 2.19. The molecular formula is C10H12N2O2. The summed E-state index contributed by atoms with van der Waals surface area (Å²) in [6.07, 6.45) is 6.07. The van der Waals surface area contributed by atoms with Crippen LogP contribution in [0.1, 0.15) is 6.42 Å². The molecule has 0 fully saturated rings. The summed E-state index contributed by atoms with van der Waals surface area (Å²) < 4.78 is 10.4. The summed E-state index contributed by atoms with van der Waals surface area (Å²) in [6, 6.07) is 0. The molecule has 1 aliphatic carbocycles. The second-order valence-electron chi connectivity index (χ2n) is 3.11. The molecule has 0 unspecified atom stereocenters. The topological polar surface area (TPSA) is 70.5 Å². The summed E-state index contributed by atoms with van der Waals surface area (Å²) >= 11 is 0. The molecule has 0 saturated heterocycles. The predicted octanol–water partition coefficient (Wildman–Crippen LogP) is 0.847. The van der Waals surface area contributed by atoms with Crippen LogP contribution in [-0.4, -0.2) is 7.11 Å². The van der Waals surface area contributed by atoms with E-state index in [4.69, 9.17) is 20.9 Å². The SMILES string of the molecule is COC1=CCC2=C(N)C=C(N)OC2=C1. The van der Waals surface area contributed by atoms with Gasteiger partial charge in [-0.2, -0.15) is 0 Å². The summed E-state index contributed by atoms with van der Waals surface area (Å²) in [4.78, 5) is 0. The molecule has 4 heteroatoms. The molecule has 74 valence electrons. The first-order chi connectivity index (χ1) is 6.70. The summed E-state index contributed by atoms with van der Waals surface area (Å²) in [5, 5.41) is 0. The predicted molar refractivity (Wildman–Crippen MR) is 52.4 cm³/mol. The molecule has 2 rings (SSSR count). The van der Waals surface area contributed by atoms with E-state index in [1.54, 1.807) is 19.3 Å². The van der Waals surface area contributed by atoms with Crippen molar-refractivity contribution in [2.75, 3.05) is 7.11 Å². The molecule has 0 radical (unpaired) electrons. The normalized spacial score (nSPS) is 20.2. The molecule has 0 spiro atoms. The minimum atomic E-state index is 0.315. The van der Waals surface area contributed by atoms with Gasteiger partial charge in [0.1, 0.15) is 11.5 Å². The van der Waals surface area contributed by atoms with E-state index in [9.17, 15) is 0 Å². The molecule has 0 aromatic carbocycles. The van der Waals surface area contributed by atoms with Crippen LogP contribution in [0.15, 0.2) is 46.9 Å². The Labute approximate surface area is 82.2 Å². The van der Waals surface area contributed by atoms with Gasteiger partial charge in [0.15, 0.2) is 5.88 Å². The highest BCUT2D eigenvalue weighted by atomic mass is 16.5. The maximum Gasteiger partial charge on any atom is 0.192 e. The van der Waals surface area contributed by atoms with Crippen LogP contribution >= 0.6 is 0 Å². The van der Waals surface area contributed by atoms with Crippen molar-refractivity contribution in [3.63, 3.8) is 0 Å². The zero-order valence-electron chi connectivity index (χ0n) is 7.91. The zero-order chi connectivity index (χ0) is 10.1. The van der Waals surface area contributed by atoms with E-state index >= 15 is 0 Å². The summed E-state index contributed by atoms with van der Waals surface area (Å²) in [5.41, 5.74) is 13.0. The van der Waals surface area contributed by atoms with Crippen molar-refractivity contribution in [1.82, 2.24) is 0 Å². The minimum absolute atomic E-state index is 0.315. The maximum absolute atomic E-state index is 5.80. The lowest BCUT2D eigenvalue weighted by Crippen LogP contribution is -2.16. The van der Waals surface area contributed by atoms with E-state index in [2.05, 4.69) is 0 Å². The van der Waals surface area contributed by atoms with Gasteiger partial charge in [0.25, 0.3) is 0 Å². The molecular weight excluding hydrogens is 180 g/mol. The van der Waals surface area contributed by atoms with E-state index in [0.717, 1.165) is 11.3 Å². The van der Waals surface area contributed by atoms with E-state index in [0.29, 0.717) is 23.8 Å². The van der Waals surface area contributed by atoms with Crippen LogP contribution in [0.4, 0.5) is 0 Å². The Morgan fingerprint density at radius 3 is 2.86 bits per heavy atom. The second-order valence-corrected chi connectivity index (χ2v) is 3.11. The van der Waals surface area contributed by atoms with Gasteiger partial charge >= 0.3 is 0 Å². The summed E-state index contributed by atoms with van der Waals surface area (Å²) in [5.74, 6) is 1.77. The van der Waals surface area contributed by atoms with E-state index < -0.39 is 0 Å². The molecule has 1 aliphatic heterocycles. The van der Waals surface area contributed by atoms with Crippen molar-refractivity contribution < 1.29 is 9.47 Å². The maximum atomic E-state index is 5.80. The molecule has 0 saturated carbocycles. The molecule has 0 aromatic rings. The van der Waals surface area contributed by atoms with Gasteiger partial charge in [-0.25, -0.2) is 0 Å². The Kier molecular flexibility index (Phi) is 1.96. The van der Waals surface area contributed by atoms with Crippen LogP contribution in [0, 0.1) is 0 Å². The standard InChI is InChI=1S/C10H12N2O2/c1-13-6-2-3-7-8(11)5-10(12)14-9(7)4-6/h2,4-5H,3,11-12H2,1H3. The third-order valence-corrected chi connectivity index (χ3v) is 2.19. The Balaban J connectivity index is 2.38. The van der Waals surface area contributed by atoms with Gasteiger partial charge < -0.3 is 20.9 Å². The molecule has 0 bridgehead atoms. The van der Waals surface area contributed by atoms with Gasteiger partial charge in [-0.15, -0.1) is 0 Å². The number of nitrogens with two attached hydrogens (primary N) is 2. The van der Waals surface area contributed by atoms with Gasteiger partial charge in [0.05, 0.1) is 7.11 Å². The van der Waals surface area contributed by atoms with Crippen LogP contribution in [-0.2, 0) is 9.47 Å². The fraction of sp³-hybridized carbons (Fsp3) is 0.200. The zero-order valence-corrected chi connectivity index (χ0v) is 7.91. The van der Waals surface area contributed by atoms with Gasteiger partial charge in [-0.1, -0.05) is 0 Å². The Morgan fingerprint density at radius 1 is 1.36 bits per heavy atom. The first kappa shape index (κ1) is 8.74. The fourth-order valence-electron chi connectivity index (χ4n) is 1.47. The highest BCUT2D eigenvalue weighted by Crippen LogP contribution is 2.30. The molecule has 14 heavy (non-hydrogen) atoms. The lowest BCUT2D eigenvalue weighted by Gasteiger charge is -2.22. The number of rotatable bonds is 1. The van der Waals surface area contributed by atoms with E-state index in [1.165, 1.54) is 0 Å². The monoisotopic (exact) mass is 192 g/mol. The van der Waals surface area contributed by atoms with Crippen LogP contribution in [0.2, 0.25) is 0 Å². The number of hydrogen-bond donors (Lipinski definition) is 2. The first-order valence-electron chi connectivity index (χ1n) is 4.30. The van der Waals surface area contributed by atoms with Crippen LogP contribution in [0.3, 0.4) is 0 Å². The molecule has 0 aromatic heterocycles.